The van der Waals surface area contributed by atoms with E-state index < -0.39 is 0 Å². The Kier molecular flexibility index (Phi) is 2.35. The van der Waals surface area contributed by atoms with Gasteiger partial charge in [-0.15, -0.1) is 0 Å². The number of hydrogen-bond donors (Lipinski definition) is 3. The monoisotopic (exact) mass is 167 g/mol. The molecule has 1 saturated heterocycles. The minimum absolute atomic E-state index is 0. The summed E-state index contributed by atoms with van der Waals surface area (Å²) >= 11 is 0. The van der Waals surface area contributed by atoms with E-state index in [1.54, 1.807) is 0 Å². The van der Waals surface area contributed by atoms with Gasteiger partial charge in [0.25, 0.3) is 0 Å². The van der Waals surface area contributed by atoms with Crippen LogP contribution in [-0.2, 0) is 5.48 Å². The van der Waals surface area contributed by atoms with Gasteiger partial charge in [-0.1, -0.05) is 0 Å². The number of carbonyl (C=O) groups is 1. The summed E-state index contributed by atoms with van der Waals surface area (Å²) < 4.78 is 0. The number of urea groups is 1. The van der Waals surface area contributed by atoms with Gasteiger partial charge in [0.15, 0.2) is 0 Å². The standard InChI is InChI=1S/C7H9N3O.O/c11-7-9-4-6-5(10-7)2-1-3-8-6;/h1-3,6,8H,4H2,(H2,9,10,11);. The molecule has 3 N–H and O–H groups in total. The summed E-state index contributed by atoms with van der Waals surface area (Å²) in [5.41, 5.74) is 0.941. The van der Waals surface area contributed by atoms with E-state index in [1.807, 2.05) is 18.4 Å². The molecule has 0 saturated carbocycles. The van der Waals surface area contributed by atoms with Gasteiger partial charge in [-0.25, -0.2) is 4.79 Å². The predicted molar refractivity (Wildman–Crippen MR) is 41.4 cm³/mol. The highest BCUT2D eigenvalue weighted by atomic mass is 16.2. The fourth-order valence-electron chi connectivity index (χ4n) is 1.20. The molecular weight excluding hydrogens is 158 g/mol. The molecule has 2 rings (SSSR count). The van der Waals surface area contributed by atoms with Gasteiger partial charge < -0.3 is 16.0 Å². The molecule has 0 aromatic rings. The van der Waals surface area contributed by atoms with Gasteiger partial charge in [-0.3, -0.25) is 0 Å². The zero-order chi connectivity index (χ0) is 7.68. The first-order valence-corrected chi connectivity index (χ1v) is 3.54. The highest BCUT2D eigenvalue weighted by Crippen LogP contribution is 2.05. The molecule has 0 bridgehead atoms. The molecule has 0 spiro atoms. The van der Waals surface area contributed by atoms with Crippen LogP contribution in [0.25, 0.3) is 0 Å². The highest BCUT2D eigenvalue weighted by Gasteiger charge is 2.21. The van der Waals surface area contributed by atoms with Crippen LogP contribution in [0.15, 0.2) is 24.0 Å². The number of nitrogens with one attached hydrogen (secondary N) is 3. The van der Waals surface area contributed by atoms with E-state index in [0.717, 1.165) is 5.70 Å². The van der Waals surface area contributed by atoms with E-state index in [0.29, 0.717) is 6.54 Å². The van der Waals surface area contributed by atoms with Crippen molar-refractivity contribution in [2.24, 2.45) is 0 Å². The number of fused-ring (bicyclic) bond motifs is 1. The molecule has 1 atom stereocenters. The summed E-state index contributed by atoms with van der Waals surface area (Å²) in [6.07, 6.45) is 5.64. The van der Waals surface area contributed by atoms with E-state index in [2.05, 4.69) is 16.0 Å². The lowest BCUT2D eigenvalue weighted by Gasteiger charge is -2.28. The van der Waals surface area contributed by atoms with E-state index in [4.69, 9.17) is 0 Å². The summed E-state index contributed by atoms with van der Waals surface area (Å²) in [5, 5.41) is 8.53. The van der Waals surface area contributed by atoms with Gasteiger partial charge in [0, 0.05) is 17.7 Å². The normalized spacial score (nSPS) is 25.2. The summed E-state index contributed by atoms with van der Waals surface area (Å²) in [5.74, 6) is 0. The Labute approximate surface area is 69.8 Å². The topological polar surface area (TPSA) is 81.7 Å². The fraction of sp³-hybridized carbons (Fsp3) is 0.286. The minimum Gasteiger partial charge on any atom is -0.381 e. The average Bonchev–Trinajstić information content (AvgIpc) is 2.04. The van der Waals surface area contributed by atoms with Crippen LogP contribution < -0.4 is 16.0 Å². The minimum atomic E-state index is -0.121. The Hall–Kier alpha value is -1.49. The molecule has 2 radical (unpaired) electrons. The second kappa shape index (κ2) is 3.27. The first-order valence-electron chi connectivity index (χ1n) is 3.54. The number of carbonyl (C=O) groups excluding carboxylic acids is 1. The van der Waals surface area contributed by atoms with Crippen molar-refractivity contribution in [3.63, 3.8) is 0 Å². The zero-order valence-electron chi connectivity index (χ0n) is 6.33. The SMILES string of the molecule is O=C1NCC2NC=CC=C2N1.[O]. The predicted octanol–water partition coefficient (Wildman–Crippen LogP) is -0.450. The van der Waals surface area contributed by atoms with Crippen molar-refractivity contribution in [2.75, 3.05) is 6.54 Å². The Morgan fingerprint density at radius 3 is 3.17 bits per heavy atom. The summed E-state index contributed by atoms with van der Waals surface area (Å²) in [7, 11) is 0. The van der Waals surface area contributed by atoms with Crippen LogP contribution >= 0.6 is 0 Å². The van der Waals surface area contributed by atoms with Gasteiger partial charge in [0.05, 0.1) is 6.04 Å². The summed E-state index contributed by atoms with van der Waals surface area (Å²) in [4.78, 5) is 10.8. The molecule has 2 aliphatic heterocycles. The van der Waals surface area contributed by atoms with Gasteiger partial charge in [-0.05, 0) is 18.4 Å². The number of dihydropyridines is 1. The van der Waals surface area contributed by atoms with E-state index in [9.17, 15) is 4.79 Å². The fourth-order valence-corrected chi connectivity index (χ4v) is 1.20. The van der Waals surface area contributed by atoms with Crippen LogP contribution in [0.1, 0.15) is 0 Å². The van der Waals surface area contributed by atoms with E-state index in [-0.39, 0.29) is 17.5 Å². The molecule has 2 aliphatic rings. The molecule has 0 aromatic carbocycles. The first-order chi connectivity index (χ1) is 5.36. The largest absolute Gasteiger partial charge is 0.381 e. The molecule has 0 aromatic heterocycles. The van der Waals surface area contributed by atoms with Crippen molar-refractivity contribution >= 4 is 6.03 Å². The number of allylic oxidation sites excluding steroid dienone is 2. The van der Waals surface area contributed by atoms with Crippen LogP contribution in [-0.4, -0.2) is 18.6 Å². The van der Waals surface area contributed by atoms with Crippen LogP contribution in [0.2, 0.25) is 0 Å². The van der Waals surface area contributed by atoms with Crippen LogP contribution in [0.4, 0.5) is 4.79 Å². The molecule has 1 unspecified atom stereocenters. The maximum absolute atomic E-state index is 10.8. The maximum atomic E-state index is 10.8. The zero-order valence-corrected chi connectivity index (χ0v) is 6.33. The molecule has 5 heteroatoms. The number of rotatable bonds is 0. The average molecular weight is 167 g/mol. The number of hydrogen-bond acceptors (Lipinski definition) is 2. The third-order valence-corrected chi connectivity index (χ3v) is 1.77. The second-order valence-corrected chi connectivity index (χ2v) is 2.54. The van der Waals surface area contributed by atoms with Crippen molar-refractivity contribution in [3.05, 3.63) is 24.0 Å². The Balaban J connectivity index is 0.000000720. The summed E-state index contributed by atoms with van der Waals surface area (Å²) in [6, 6.07) is 0.0994. The van der Waals surface area contributed by atoms with Crippen LogP contribution in [0.5, 0.6) is 0 Å². The van der Waals surface area contributed by atoms with Gasteiger partial charge >= 0.3 is 6.03 Å². The molecule has 64 valence electrons. The van der Waals surface area contributed by atoms with Crippen molar-refractivity contribution in [2.45, 2.75) is 6.04 Å². The third kappa shape index (κ3) is 1.40. The molecule has 1 fully saturated rings. The van der Waals surface area contributed by atoms with Crippen molar-refractivity contribution < 1.29 is 10.3 Å². The van der Waals surface area contributed by atoms with Crippen molar-refractivity contribution in [1.82, 2.24) is 16.0 Å². The lowest BCUT2D eigenvalue weighted by atomic mass is 10.1. The van der Waals surface area contributed by atoms with E-state index >= 15 is 0 Å². The molecule has 2 amide bonds. The number of amides is 2. The summed E-state index contributed by atoms with van der Waals surface area (Å²) in [6.45, 7) is 0.655. The quantitative estimate of drug-likeness (QED) is 0.456. The Bertz CT molecular complexity index is 247. The molecular formula is C7H9N3O2. The highest BCUT2D eigenvalue weighted by molar-refractivity contribution is 5.77. The maximum Gasteiger partial charge on any atom is 0.319 e. The van der Waals surface area contributed by atoms with Crippen molar-refractivity contribution in [1.29, 1.82) is 0 Å². The van der Waals surface area contributed by atoms with Gasteiger partial charge in [0.2, 0.25) is 0 Å². The lowest BCUT2D eigenvalue weighted by molar-refractivity contribution is 0.237. The lowest BCUT2D eigenvalue weighted by Crippen LogP contribution is -2.54. The van der Waals surface area contributed by atoms with Gasteiger partial charge in [0.1, 0.15) is 0 Å². The molecule has 0 aliphatic carbocycles. The Morgan fingerprint density at radius 1 is 1.50 bits per heavy atom. The van der Waals surface area contributed by atoms with Crippen molar-refractivity contribution in [3.8, 4) is 0 Å². The second-order valence-electron chi connectivity index (χ2n) is 2.54. The van der Waals surface area contributed by atoms with Crippen LogP contribution in [0, 0.1) is 0 Å². The third-order valence-electron chi connectivity index (χ3n) is 1.77. The Morgan fingerprint density at radius 2 is 2.33 bits per heavy atom. The smallest absolute Gasteiger partial charge is 0.319 e. The molecule has 5 nitrogen and oxygen atoms in total. The molecule has 12 heavy (non-hydrogen) atoms. The van der Waals surface area contributed by atoms with E-state index in [1.165, 1.54) is 0 Å². The van der Waals surface area contributed by atoms with Gasteiger partial charge in [-0.2, -0.15) is 0 Å². The van der Waals surface area contributed by atoms with Crippen LogP contribution in [0.3, 0.4) is 0 Å². The first kappa shape index (κ1) is 8.61. The molecule has 2 heterocycles.